The highest BCUT2D eigenvalue weighted by Gasteiger charge is 2.25. The minimum atomic E-state index is -0.536. The molecule has 0 radical (unpaired) electrons. The zero-order valence-corrected chi connectivity index (χ0v) is 18.7. The van der Waals surface area contributed by atoms with Crippen LogP contribution in [-0.4, -0.2) is 34.7 Å². The Hall–Kier alpha value is -3.54. The molecule has 0 N–H and O–H groups in total. The molecule has 1 amide bonds. The lowest BCUT2D eigenvalue weighted by molar-refractivity contribution is 0.0225. The summed E-state index contributed by atoms with van der Waals surface area (Å²) in [5, 5.41) is 0. The van der Waals surface area contributed by atoms with Gasteiger partial charge in [-0.05, 0) is 62.7 Å². The van der Waals surface area contributed by atoms with Crippen LogP contribution in [0.4, 0.5) is 4.79 Å². The summed E-state index contributed by atoms with van der Waals surface area (Å²) in [6, 6.07) is 21.8. The van der Waals surface area contributed by atoms with Crippen molar-refractivity contribution in [2.75, 3.05) is 13.2 Å². The third kappa shape index (κ3) is 5.58. The van der Waals surface area contributed by atoms with Gasteiger partial charge >= 0.3 is 6.09 Å². The van der Waals surface area contributed by atoms with Crippen LogP contribution in [0.2, 0.25) is 0 Å². The van der Waals surface area contributed by atoms with E-state index in [2.05, 4.69) is 0 Å². The summed E-state index contributed by atoms with van der Waals surface area (Å²) in [6.07, 6.45) is -0.343. The Labute approximate surface area is 188 Å². The zero-order valence-electron chi connectivity index (χ0n) is 18.7. The minimum Gasteiger partial charge on any atom is -0.489 e. The van der Waals surface area contributed by atoms with Crippen molar-refractivity contribution < 1.29 is 19.0 Å². The summed E-state index contributed by atoms with van der Waals surface area (Å²) in [5.41, 5.74) is 3.23. The molecule has 3 aromatic rings. The van der Waals surface area contributed by atoms with Gasteiger partial charge in [-0.1, -0.05) is 30.3 Å². The molecule has 6 heteroatoms. The fraction of sp³-hybridized carbons (Fsp3) is 0.308. The van der Waals surface area contributed by atoms with Crippen molar-refractivity contribution in [3.63, 3.8) is 0 Å². The van der Waals surface area contributed by atoms with Gasteiger partial charge in [-0.15, -0.1) is 0 Å². The summed E-state index contributed by atoms with van der Waals surface area (Å²) >= 11 is 0. The Kier molecular flexibility index (Phi) is 6.30. The van der Waals surface area contributed by atoms with Crippen molar-refractivity contribution in [3.8, 4) is 22.9 Å². The molecular formula is C26H28N2O4. The Morgan fingerprint density at radius 3 is 2.50 bits per heavy atom. The van der Waals surface area contributed by atoms with Crippen molar-refractivity contribution in [3.05, 3.63) is 77.9 Å². The second kappa shape index (κ2) is 9.30. The van der Waals surface area contributed by atoms with Crippen LogP contribution >= 0.6 is 0 Å². The fourth-order valence-corrected chi connectivity index (χ4v) is 3.36. The van der Waals surface area contributed by atoms with E-state index < -0.39 is 5.60 Å². The van der Waals surface area contributed by atoms with Crippen molar-refractivity contribution in [2.24, 2.45) is 0 Å². The highest BCUT2D eigenvalue weighted by molar-refractivity contribution is 5.68. The molecule has 0 saturated carbocycles. The number of fused-ring (bicyclic) bond motifs is 1. The lowest BCUT2D eigenvalue weighted by Crippen LogP contribution is -2.37. The van der Waals surface area contributed by atoms with Crippen molar-refractivity contribution in [1.82, 2.24) is 9.88 Å². The first-order valence-corrected chi connectivity index (χ1v) is 10.8. The average Bonchev–Trinajstić information content (AvgIpc) is 3.00. The molecule has 0 bridgehead atoms. The quantitative estimate of drug-likeness (QED) is 0.548. The van der Waals surface area contributed by atoms with E-state index in [1.54, 1.807) is 4.90 Å². The number of aromatic nitrogens is 1. The number of carbonyl (C=O) groups is 1. The maximum absolute atomic E-state index is 12.5. The predicted octanol–water partition coefficient (Wildman–Crippen LogP) is 5.46. The number of ether oxygens (including phenoxy) is 3. The molecule has 0 fully saturated rings. The minimum absolute atomic E-state index is 0.343. The Morgan fingerprint density at radius 1 is 1.03 bits per heavy atom. The molecule has 166 valence electrons. The van der Waals surface area contributed by atoms with Gasteiger partial charge in [-0.25, -0.2) is 9.78 Å². The standard InChI is InChI=1S/C26H28N2O4/c1-26(2,3)32-25(29)28-15-16-30-24-21(17-28)11-14-23(27-24)20-9-12-22(13-10-20)31-18-19-7-5-4-6-8-19/h4-14H,15-18H2,1-3H3. The topological polar surface area (TPSA) is 60.9 Å². The maximum atomic E-state index is 12.5. The third-order valence-corrected chi connectivity index (χ3v) is 4.95. The molecular weight excluding hydrogens is 404 g/mol. The Morgan fingerprint density at radius 2 is 1.78 bits per heavy atom. The first-order valence-electron chi connectivity index (χ1n) is 10.8. The maximum Gasteiger partial charge on any atom is 0.410 e. The number of nitrogens with zero attached hydrogens (tertiary/aromatic N) is 2. The molecule has 1 aliphatic rings. The van der Waals surface area contributed by atoms with Crippen LogP contribution in [0.3, 0.4) is 0 Å². The molecule has 2 aromatic carbocycles. The number of amides is 1. The Bertz CT molecular complexity index is 1060. The number of hydrogen-bond acceptors (Lipinski definition) is 5. The van der Waals surface area contributed by atoms with Crippen LogP contribution in [0.15, 0.2) is 66.7 Å². The molecule has 0 spiro atoms. The molecule has 32 heavy (non-hydrogen) atoms. The second-order valence-electron chi connectivity index (χ2n) is 8.71. The number of pyridine rings is 1. The number of hydrogen-bond donors (Lipinski definition) is 0. The monoisotopic (exact) mass is 432 g/mol. The lowest BCUT2D eigenvalue weighted by atomic mass is 10.1. The van der Waals surface area contributed by atoms with Crippen molar-refractivity contribution in [1.29, 1.82) is 0 Å². The van der Waals surface area contributed by atoms with Gasteiger partial charge in [0.25, 0.3) is 0 Å². The third-order valence-electron chi connectivity index (χ3n) is 4.95. The van der Waals surface area contributed by atoms with E-state index in [0.29, 0.717) is 32.2 Å². The summed E-state index contributed by atoms with van der Waals surface area (Å²) in [5.74, 6) is 1.36. The van der Waals surface area contributed by atoms with E-state index in [1.807, 2.05) is 87.5 Å². The molecule has 6 nitrogen and oxygen atoms in total. The van der Waals surface area contributed by atoms with Gasteiger partial charge in [0.1, 0.15) is 24.6 Å². The molecule has 0 unspecified atom stereocenters. The van der Waals surface area contributed by atoms with Crippen LogP contribution in [0.1, 0.15) is 31.9 Å². The zero-order chi connectivity index (χ0) is 22.6. The molecule has 0 aliphatic carbocycles. The first kappa shape index (κ1) is 21.7. The Balaban J connectivity index is 1.43. The molecule has 4 rings (SSSR count). The SMILES string of the molecule is CC(C)(C)OC(=O)N1CCOc2nc(-c3ccc(OCc4ccccc4)cc3)ccc2C1. The van der Waals surface area contributed by atoms with Gasteiger partial charge < -0.3 is 19.1 Å². The summed E-state index contributed by atoms with van der Waals surface area (Å²) in [7, 11) is 0. The average molecular weight is 433 g/mol. The highest BCUT2D eigenvalue weighted by Crippen LogP contribution is 2.28. The van der Waals surface area contributed by atoms with Gasteiger partial charge in [0.2, 0.25) is 5.88 Å². The molecule has 1 aliphatic heterocycles. The van der Waals surface area contributed by atoms with Gasteiger partial charge in [0.05, 0.1) is 18.8 Å². The van der Waals surface area contributed by atoms with E-state index in [1.165, 1.54) is 0 Å². The van der Waals surface area contributed by atoms with E-state index in [-0.39, 0.29) is 6.09 Å². The van der Waals surface area contributed by atoms with E-state index in [9.17, 15) is 4.79 Å². The number of rotatable bonds is 4. The van der Waals surface area contributed by atoms with E-state index in [0.717, 1.165) is 28.1 Å². The molecule has 0 atom stereocenters. The van der Waals surface area contributed by atoms with Crippen LogP contribution in [0.25, 0.3) is 11.3 Å². The predicted molar refractivity (Wildman–Crippen MR) is 123 cm³/mol. The largest absolute Gasteiger partial charge is 0.489 e. The van der Waals surface area contributed by atoms with Gasteiger partial charge in [-0.2, -0.15) is 0 Å². The lowest BCUT2D eigenvalue weighted by Gasteiger charge is -2.25. The van der Waals surface area contributed by atoms with Crippen molar-refractivity contribution >= 4 is 6.09 Å². The smallest absolute Gasteiger partial charge is 0.410 e. The van der Waals surface area contributed by atoms with Gasteiger partial charge in [-0.3, -0.25) is 0 Å². The van der Waals surface area contributed by atoms with E-state index >= 15 is 0 Å². The van der Waals surface area contributed by atoms with E-state index in [4.69, 9.17) is 19.2 Å². The van der Waals surface area contributed by atoms with Crippen LogP contribution < -0.4 is 9.47 Å². The highest BCUT2D eigenvalue weighted by atomic mass is 16.6. The number of carbonyl (C=O) groups excluding carboxylic acids is 1. The fourth-order valence-electron chi connectivity index (χ4n) is 3.36. The molecule has 2 heterocycles. The van der Waals surface area contributed by atoms with Crippen LogP contribution in [0, 0.1) is 0 Å². The normalized spacial score (nSPS) is 13.5. The summed E-state index contributed by atoms with van der Waals surface area (Å²) < 4.78 is 17.2. The molecule has 0 saturated heterocycles. The van der Waals surface area contributed by atoms with Gasteiger partial charge in [0, 0.05) is 11.1 Å². The molecule has 1 aromatic heterocycles. The van der Waals surface area contributed by atoms with Crippen LogP contribution in [0.5, 0.6) is 11.6 Å². The van der Waals surface area contributed by atoms with Gasteiger partial charge in [0.15, 0.2) is 0 Å². The van der Waals surface area contributed by atoms with Crippen LogP contribution in [-0.2, 0) is 17.9 Å². The number of benzene rings is 2. The second-order valence-corrected chi connectivity index (χ2v) is 8.71. The summed E-state index contributed by atoms with van der Waals surface area (Å²) in [4.78, 5) is 18.8. The summed E-state index contributed by atoms with van der Waals surface area (Å²) in [6.45, 7) is 7.34. The first-order chi connectivity index (χ1) is 15.4. The van der Waals surface area contributed by atoms with Crippen molar-refractivity contribution in [2.45, 2.75) is 39.5 Å².